The summed E-state index contributed by atoms with van der Waals surface area (Å²) in [5.41, 5.74) is 6.14. The van der Waals surface area contributed by atoms with Crippen molar-refractivity contribution in [2.75, 3.05) is 68.0 Å². The summed E-state index contributed by atoms with van der Waals surface area (Å²) >= 11 is 6.52. The number of nitrogens with zero attached hydrogens (tertiary/aromatic N) is 8. The normalized spacial score (nSPS) is 23.0. The summed E-state index contributed by atoms with van der Waals surface area (Å²) in [7, 11) is 1.82. The number of pyridine rings is 1. The Labute approximate surface area is 383 Å². The average molecular weight is 920 g/mol. The van der Waals surface area contributed by atoms with Crippen molar-refractivity contribution >= 4 is 63.9 Å². The molecule has 5 aliphatic heterocycles. The van der Waals surface area contributed by atoms with E-state index in [0.717, 1.165) is 59.6 Å². The number of imide groups is 1. The van der Waals surface area contributed by atoms with Crippen LogP contribution in [0.2, 0.25) is 5.02 Å². The number of carbonyl (C=O) groups excluding carboxylic acids is 4. The summed E-state index contributed by atoms with van der Waals surface area (Å²) in [6.45, 7) is 3.46. The van der Waals surface area contributed by atoms with Gasteiger partial charge >= 0.3 is 6.03 Å². The molecule has 342 valence electrons. The van der Waals surface area contributed by atoms with Crippen LogP contribution in [0.1, 0.15) is 63.2 Å². The van der Waals surface area contributed by atoms with Crippen molar-refractivity contribution in [2.45, 2.75) is 63.6 Å². The van der Waals surface area contributed by atoms with Gasteiger partial charge < -0.3 is 25.2 Å². The predicted molar refractivity (Wildman–Crippen MR) is 242 cm³/mol. The van der Waals surface area contributed by atoms with E-state index in [1.807, 2.05) is 42.4 Å². The minimum atomic E-state index is -3.13. The number of carbonyl (C=O) groups is 4. The molecule has 5 fully saturated rings. The van der Waals surface area contributed by atoms with Gasteiger partial charge in [-0.2, -0.15) is 0 Å². The lowest BCUT2D eigenvalue weighted by Crippen LogP contribution is -2.70. The van der Waals surface area contributed by atoms with Crippen LogP contribution in [0.25, 0.3) is 16.9 Å². The van der Waals surface area contributed by atoms with Gasteiger partial charge in [-0.15, -0.1) is 5.10 Å². The number of piperidine rings is 1. The third-order valence-electron chi connectivity index (χ3n) is 14.5. The lowest BCUT2D eigenvalue weighted by molar-refractivity contribution is -0.220. The Morgan fingerprint density at radius 2 is 1.82 bits per heavy atom. The maximum absolute atomic E-state index is 16.1. The Morgan fingerprint density at radius 3 is 2.58 bits per heavy atom. The van der Waals surface area contributed by atoms with Crippen molar-refractivity contribution < 1.29 is 32.7 Å². The van der Waals surface area contributed by atoms with Crippen molar-refractivity contribution in [1.29, 1.82) is 0 Å². The number of imidazole rings is 1. The lowest BCUT2D eigenvalue weighted by Gasteiger charge is -2.57. The molecule has 16 nitrogen and oxygen atoms in total. The zero-order chi connectivity index (χ0) is 45.6. The number of nitrogens with one attached hydrogen (secondary N) is 3. The maximum atomic E-state index is 16.1. The quantitative estimate of drug-likeness (QED) is 0.163. The van der Waals surface area contributed by atoms with Crippen LogP contribution in [0, 0.1) is 18.3 Å². The number of urea groups is 1. The summed E-state index contributed by atoms with van der Waals surface area (Å²) in [6, 6.07) is 14.4. The second-order valence-corrected chi connectivity index (χ2v) is 18.9. The molecule has 11 rings (SSSR count). The first-order chi connectivity index (χ1) is 31.8. The van der Waals surface area contributed by atoms with Gasteiger partial charge in [-0.25, -0.2) is 23.1 Å². The maximum Gasteiger partial charge on any atom is 0.328 e. The van der Waals surface area contributed by atoms with Crippen molar-refractivity contribution in [3.63, 3.8) is 0 Å². The standard InChI is InChI=1S/C47H48ClF2N11O5/c1-26-16-29(18-36(40(26)48)60-13-9-39(62)55-45(60)65)44(64)58-14-11-46(47(49,50)25-58)23-57(24-46)22-27-6-7-32(52-20-27)30-4-3-5-35-31(30)8-12-59(35)38-19-34(51-2)42-53-21-37(61(42)56-38)43(63)54-33-17-28-10-15-66-41(28)33/h3-7,16,18-21,28,33,41,51H,8-15,17,22-25H2,1-2H3,(H,54,63)(H,55,62,65)/t28-,33?,41-/m0/s1. The molecule has 6 aliphatic rings. The first-order valence-corrected chi connectivity index (χ1v) is 22.8. The number of anilines is 4. The molecule has 5 amide bonds. The van der Waals surface area contributed by atoms with E-state index in [0.29, 0.717) is 41.7 Å². The minimum absolute atomic E-state index is 0.0164. The van der Waals surface area contributed by atoms with Crippen molar-refractivity contribution in [3.8, 4) is 11.3 Å². The second kappa shape index (κ2) is 16.0. The molecule has 1 aliphatic carbocycles. The van der Waals surface area contributed by atoms with Crippen LogP contribution in [0.5, 0.6) is 0 Å². The van der Waals surface area contributed by atoms with Gasteiger partial charge in [-0.3, -0.25) is 34.5 Å². The summed E-state index contributed by atoms with van der Waals surface area (Å²) in [5, 5.41) is 13.8. The van der Waals surface area contributed by atoms with Gasteiger partial charge in [-0.1, -0.05) is 29.8 Å². The zero-order valence-electron chi connectivity index (χ0n) is 36.5. The van der Waals surface area contributed by atoms with E-state index >= 15 is 8.78 Å². The molecule has 3 atom stereocenters. The number of hydrogen-bond acceptors (Lipinski definition) is 11. The first-order valence-electron chi connectivity index (χ1n) is 22.4. The van der Waals surface area contributed by atoms with Gasteiger partial charge in [0.05, 0.1) is 52.4 Å². The minimum Gasteiger partial charge on any atom is -0.385 e. The highest BCUT2D eigenvalue weighted by atomic mass is 35.5. The van der Waals surface area contributed by atoms with Gasteiger partial charge in [0.15, 0.2) is 17.2 Å². The van der Waals surface area contributed by atoms with Crippen LogP contribution in [0.15, 0.2) is 60.9 Å². The molecule has 0 bridgehead atoms. The molecular weight excluding hydrogens is 872 g/mol. The van der Waals surface area contributed by atoms with Crippen LogP contribution in [0.3, 0.4) is 0 Å². The van der Waals surface area contributed by atoms with E-state index in [1.54, 1.807) is 23.7 Å². The number of benzene rings is 2. The fourth-order valence-electron chi connectivity index (χ4n) is 10.8. The number of amides is 5. The van der Waals surface area contributed by atoms with E-state index in [4.69, 9.17) is 26.4 Å². The molecule has 0 radical (unpaired) electrons. The van der Waals surface area contributed by atoms with Crippen LogP contribution in [-0.2, 0) is 22.5 Å². The summed E-state index contributed by atoms with van der Waals surface area (Å²) < 4.78 is 39.6. The number of halogens is 3. The van der Waals surface area contributed by atoms with E-state index in [1.165, 1.54) is 15.9 Å². The highest BCUT2D eigenvalue weighted by Gasteiger charge is 2.63. The van der Waals surface area contributed by atoms with Crippen LogP contribution in [-0.4, -0.2) is 124 Å². The smallest absolute Gasteiger partial charge is 0.328 e. The van der Waals surface area contributed by atoms with E-state index < -0.39 is 35.7 Å². The molecule has 19 heteroatoms. The molecule has 1 spiro atoms. The van der Waals surface area contributed by atoms with Crippen molar-refractivity contribution in [1.82, 2.24) is 40.0 Å². The molecule has 3 N–H and O–H groups in total. The number of fused-ring (bicyclic) bond motifs is 3. The average Bonchev–Trinajstić information content (AvgIpc) is 4.03. The molecule has 8 heterocycles. The molecule has 1 saturated carbocycles. The van der Waals surface area contributed by atoms with E-state index in [9.17, 15) is 19.2 Å². The lowest BCUT2D eigenvalue weighted by atomic mass is 9.69. The van der Waals surface area contributed by atoms with Gasteiger partial charge in [0.2, 0.25) is 5.91 Å². The number of aromatic nitrogens is 4. The summed E-state index contributed by atoms with van der Waals surface area (Å²) in [4.78, 5) is 67.5. The Bertz CT molecular complexity index is 2830. The fraction of sp³-hybridized carbons (Fsp3) is 0.426. The Hall–Kier alpha value is -6.24. The zero-order valence-corrected chi connectivity index (χ0v) is 37.2. The van der Waals surface area contributed by atoms with Gasteiger partial charge in [0, 0.05) is 88.4 Å². The predicted octanol–water partition coefficient (Wildman–Crippen LogP) is 5.83. The second-order valence-electron chi connectivity index (χ2n) is 18.5. The number of rotatable bonds is 9. The number of likely N-dealkylation sites (tertiary alicyclic amines) is 2. The topological polar surface area (TPSA) is 170 Å². The van der Waals surface area contributed by atoms with Gasteiger partial charge in [0.25, 0.3) is 17.7 Å². The summed E-state index contributed by atoms with van der Waals surface area (Å²) in [5.74, 6) is -3.15. The van der Waals surface area contributed by atoms with E-state index in [2.05, 4.69) is 38.0 Å². The molecule has 1 unspecified atom stereocenters. The molecule has 5 aromatic rings. The van der Waals surface area contributed by atoms with Crippen molar-refractivity contribution in [2.24, 2.45) is 11.3 Å². The number of hydrogen-bond donors (Lipinski definition) is 3. The van der Waals surface area contributed by atoms with Crippen molar-refractivity contribution in [3.05, 3.63) is 93.9 Å². The Kier molecular flexibility index (Phi) is 10.3. The molecule has 66 heavy (non-hydrogen) atoms. The third-order valence-corrected chi connectivity index (χ3v) is 15.0. The monoisotopic (exact) mass is 919 g/mol. The highest BCUT2D eigenvalue weighted by molar-refractivity contribution is 6.35. The number of aryl methyl sites for hydroxylation is 1. The summed E-state index contributed by atoms with van der Waals surface area (Å²) in [6.07, 6.45) is 6.36. The van der Waals surface area contributed by atoms with Crippen LogP contribution in [0.4, 0.5) is 36.5 Å². The first kappa shape index (κ1) is 42.4. The molecule has 2 aromatic carbocycles. The number of alkyl halides is 2. The fourth-order valence-corrected chi connectivity index (χ4v) is 11.0. The van der Waals surface area contributed by atoms with E-state index in [-0.39, 0.29) is 73.3 Å². The third kappa shape index (κ3) is 7.02. The molecular formula is C47H48ClF2N11O5. The van der Waals surface area contributed by atoms with Crippen LogP contribution >= 0.6 is 11.6 Å². The highest BCUT2D eigenvalue weighted by Crippen LogP contribution is 2.51. The van der Waals surface area contributed by atoms with Gasteiger partial charge in [0.1, 0.15) is 0 Å². The molecule has 4 saturated heterocycles. The Morgan fingerprint density at radius 1 is 0.985 bits per heavy atom. The number of ether oxygens (including phenoxy) is 1. The Balaban J connectivity index is 0.741. The molecule has 3 aromatic heterocycles. The largest absolute Gasteiger partial charge is 0.385 e. The SMILES string of the molecule is CNc1cc(N2CCc3c(-c4ccc(CN5CC6(CCN(C(=O)c7cc(C)c(Cl)c(N8CCC(=O)NC8=O)c7)CC6(F)F)C5)cn4)cccc32)nn2c(C(=O)NC3C[C@@H]4CCO[C@H]34)cnc12. The van der Waals surface area contributed by atoms with Gasteiger partial charge in [-0.05, 0) is 79.5 Å². The van der Waals surface area contributed by atoms with Crippen LogP contribution < -0.4 is 25.8 Å².